The van der Waals surface area contributed by atoms with Crippen molar-refractivity contribution in [1.29, 1.82) is 0 Å². The van der Waals surface area contributed by atoms with Crippen LogP contribution in [0.4, 0.5) is 10.2 Å². The number of rotatable bonds is 2. The zero-order valence-corrected chi connectivity index (χ0v) is 10.8. The summed E-state index contributed by atoms with van der Waals surface area (Å²) >= 11 is 0. The molecule has 0 aliphatic rings. The second kappa shape index (κ2) is 4.72. The number of anilines is 1. The van der Waals surface area contributed by atoms with Crippen molar-refractivity contribution in [2.24, 2.45) is 0 Å². The van der Waals surface area contributed by atoms with Gasteiger partial charge in [-0.05, 0) is 37.6 Å². The molecule has 2 N–H and O–H groups in total. The van der Waals surface area contributed by atoms with Gasteiger partial charge in [0, 0.05) is 17.5 Å². The van der Waals surface area contributed by atoms with Crippen LogP contribution in [-0.4, -0.2) is 9.97 Å². The van der Waals surface area contributed by atoms with E-state index >= 15 is 0 Å². The number of hydrogen-bond acceptors (Lipinski definition) is 3. The minimum atomic E-state index is -0.264. The fourth-order valence-corrected chi connectivity index (χ4v) is 1.89. The minimum absolute atomic E-state index is 0.264. The van der Waals surface area contributed by atoms with E-state index in [0.717, 1.165) is 16.7 Å². The van der Waals surface area contributed by atoms with E-state index < -0.39 is 0 Å². The summed E-state index contributed by atoms with van der Waals surface area (Å²) < 4.78 is 13.5. The molecule has 1 heterocycles. The van der Waals surface area contributed by atoms with Crippen molar-refractivity contribution in [1.82, 2.24) is 9.97 Å². The standard InChI is InChI=1S/C14H16FN3/c1-4-12-17-13(9(3)14(16)18-12)10-5-8(2)6-11(15)7-10/h5-7H,4H2,1-3H3,(H2,16,17,18). The van der Waals surface area contributed by atoms with E-state index in [4.69, 9.17) is 5.73 Å². The van der Waals surface area contributed by atoms with E-state index in [1.165, 1.54) is 12.1 Å². The predicted octanol–water partition coefficient (Wildman–Crippen LogP) is 3.04. The van der Waals surface area contributed by atoms with Crippen LogP contribution in [0.5, 0.6) is 0 Å². The van der Waals surface area contributed by atoms with Gasteiger partial charge in [0.25, 0.3) is 0 Å². The van der Waals surface area contributed by atoms with Gasteiger partial charge < -0.3 is 5.73 Å². The van der Waals surface area contributed by atoms with Crippen molar-refractivity contribution >= 4 is 5.82 Å². The first kappa shape index (κ1) is 12.5. The highest BCUT2D eigenvalue weighted by Crippen LogP contribution is 2.26. The molecule has 2 rings (SSSR count). The van der Waals surface area contributed by atoms with Gasteiger partial charge in [-0.1, -0.05) is 6.92 Å². The molecule has 3 nitrogen and oxygen atoms in total. The lowest BCUT2D eigenvalue weighted by molar-refractivity contribution is 0.627. The Hall–Kier alpha value is -1.97. The third-order valence-electron chi connectivity index (χ3n) is 2.86. The maximum absolute atomic E-state index is 13.5. The molecule has 94 valence electrons. The molecule has 0 fully saturated rings. The molecule has 0 spiro atoms. The molecule has 0 amide bonds. The number of nitrogen functional groups attached to an aromatic ring is 1. The Morgan fingerprint density at radius 1 is 1.17 bits per heavy atom. The van der Waals surface area contributed by atoms with E-state index in [2.05, 4.69) is 9.97 Å². The van der Waals surface area contributed by atoms with Crippen LogP contribution in [0.15, 0.2) is 18.2 Å². The van der Waals surface area contributed by atoms with E-state index in [9.17, 15) is 4.39 Å². The van der Waals surface area contributed by atoms with Crippen LogP contribution in [0.25, 0.3) is 11.3 Å². The Bertz CT molecular complexity index is 574. The highest BCUT2D eigenvalue weighted by Gasteiger charge is 2.11. The van der Waals surface area contributed by atoms with Crippen molar-refractivity contribution in [3.63, 3.8) is 0 Å². The van der Waals surface area contributed by atoms with Crippen LogP contribution in [0.3, 0.4) is 0 Å². The molecule has 0 unspecified atom stereocenters. The van der Waals surface area contributed by atoms with Gasteiger partial charge in [-0.3, -0.25) is 0 Å². The molecule has 0 saturated heterocycles. The van der Waals surface area contributed by atoms with Crippen LogP contribution in [-0.2, 0) is 6.42 Å². The first-order valence-electron chi connectivity index (χ1n) is 5.91. The molecule has 1 aromatic carbocycles. The van der Waals surface area contributed by atoms with Crippen LogP contribution in [0.1, 0.15) is 23.9 Å². The average Bonchev–Trinajstić information content (AvgIpc) is 2.31. The van der Waals surface area contributed by atoms with Gasteiger partial charge in [-0.25, -0.2) is 14.4 Å². The summed E-state index contributed by atoms with van der Waals surface area (Å²) in [5, 5.41) is 0. The number of halogens is 1. The molecule has 0 bridgehead atoms. The molecule has 0 aliphatic heterocycles. The van der Waals surface area contributed by atoms with Gasteiger partial charge in [0.2, 0.25) is 0 Å². The normalized spacial score (nSPS) is 10.7. The third-order valence-corrected chi connectivity index (χ3v) is 2.86. The zero-order chi connectivity index (χ0) is 13.3. The lowest BCUT2D eigenvalue weighted by Gasteiger charge is -2.10. The Labute approximate surface area is 106 Å². The van der Waals surface area contributed by atoms with Gasteiger partial charge in [0.1, 0.15) is 17.5 Å². The van der Waals surface area contributed by atoms with Crippen molar-refractivity contribution in [2.45, 2.75) is 27.2 Å². The molecule has 0 atom stereocenters. The van der Waals surface area contributed by atoms with Crippen LogP contribution in [0, 0.1) is 19.7 Å². The van der Waals surface area contributed by atoms with E-state index in [0.29, 0.717) is 23.8 Å². The summed E-state index contributed by atoms with van der Waals surface area (Å²) in [7, 11) is 0. The Kier molecular flexibility index (Phi) is 3.28. The lowest BCUT2D eigenvalue weighted by atomic mass is 10.0. The van der Waals surface area contributed by atoms with Crippen molar-refractivity contribution < 1.29 is 4.39 Å². The lowest BCUT2D eigenvalue weighted by Crippen LogP contribution is -2.04. The second-order valence-electron chi connectivity index (χ2n) is 4.37. The maximum atomic E-state index is 13.5. The Morgan fingerprint density at radius 3 is 2.50 bits per heavy atom. The molecule has 4 heteroatoms. The van der Waals surface area contributed by atoms with Crippen molar-refractivity contribution in [3.8, 4) is 11.3 Å². The predicted molar refractivity (Wildman–Crippen MR) is 70.7 cm³/mol. The highest BCUT2D eigenvalue weighted by molar-refractivity contribution is 5.67. The largest absolute Gasteiger partial charge is 0.383 e. The van der Waals surface area contributed by atoms with Gasteiger partial charge in [0.05, 0.1) is 5.69 Å². The summed E-state index contributed by atoms with van der Waals surface area (Å²) in [5.74, 6) is 0.869. The van der Waals surface area contributed by atoms with Crippen LogP contribution >= 0.6 is 0 Å². The number of benzene rings is 1. The minimum Gasteiger partial charge on any atom is -0.383 e. The quantitative estimate of drug-likeness (QED) is 0.884. The molecule has 1 aromatic heterocycles. The van der Waals surface area contributed by atoms with E-state index in [-0.39, 0.29) is 5.82 Å². The average molecular weight is 245 g/mol. The maximum Gasteiger partial charge on any atom is 0.131 e. The first-order chi connectivity index (χ1) is 8.51. The van der Waals surface area contributed by atoms with Gasteiger partial charge in [0.15, 0.2) is 0 Å². The summed E-state index contributed by atoms with van der Waals surface area (Å²) in [6.45, 7) is 5.67. The molecular formula is C14H16FN3. The van der Waals surface area contributed by atoms with Crippen LogP contribution in [0.2, 0.25) is 0 Å². The van der Waals surface area contributed by atoms with Gasteiger partial charge in [-0.2, -0.15) is 0 Å². The van der Waals surface area contributed by atoms with Crippen LogP contribution < -0.4 is 5.73 Å². The molecule has 0 aliphatic carbocycles. The number of aromatic nitrogens is 2. The summed E-state index contributed by atoms with van der Waals surface area (Å²) in [4.78, 5) is 8.64. The second-order valence-corrected chi connectivity index (χ2v) is 4.37. The smallest absolute Gasteiger partial charge is 0.131 e. The van der Waals surface area contributed by atoms with Gasteiger partial charge in [-0.15, -0.1) is 0 Å². The number of aryl methyl sites for hydroxylation is 2. The first-order valence-corrected chi connectivity index (χ1v) is 5.91. The summed E-state index contributed by atoms with van der Waals surface area (Å²) in [6, 6.07) is 4.86. The number of nitrogens with two attached hydrogens (primary N) is 1. The Balaban J connectivity index is 2.65. The van der Waals surface area contributed by atoms with E-state index in [1.807, 2.05) is 26.8 Å². The zero-order valence-electron chi connectivity index (χ0n) is 10.8. The number of hydrogen-bond donors (Lipinski definition) is 1. The monoisotopic (exact) mass is 245 g/mol. The van der Waals surface area contributed by atoms with Crippen molar-refractivity contribution in [3.05, 3.63) is 41.0 Å². The molecule has 2 aromatic rings. The van der Waals surface area contributed by atoms with E-state index in [1.54, 1.807) is 0 Å². The third kappa shape index (κ3) is 2.32. The molecular weight excluding hydrogens is 229 g/mol. The summed E-state index contributed by atoms with van der Waals surface area (Å²) in [5.41, 5.74) is 8.97. The number of nitrogens with zero attached hydrogens (tertiary/aromatic N) is 2. The summed E-state index contributed by atoms with van der Waals surface area (Å²) in [6.07, 6.45) is 0.700. The Morgan fingerprint density at radius 2 is 1.89 bits per heavy atom. The van der Waals surface area contributed by atoms with Gasteiger partial charge >= 0.3 is 0 Å². The van der Waals surface area contributed by atoms with Crippen molar-refractivity contribution in [2.75, 3.05) is 5.73 Å². The molecule has 0 saturated carbocycles. The molecule has 18 heavy (non-hydrogen) atoms. The highest BCUT2D eigenvalue weighted by atomic mass is 19.1. The molecule has 0 radical (unpaired) electrons. The SMILES string of the molecule is CCc1nc(N)c(C)c(-c2cc(C)cc(F)c2)n1. The fourth-order valence-electron chi connectivity index (χ4n) is 1.89. The topological polar surface area (TPSA) is 51.8 Å². The fraction of sp³-hybridized carbons (Fsp3) is 0.286.